The minimum Gasteiger partial charge on any atom is -0.248 e. The van der Waals surface area contributed by atoms with Crippen LogP contribution in [0.2, 0.25) is 0 Å². The third-order valence-corrected chi connectivity index (χ3v) is 23.4. The third kappa shape index (κ3) is 11.8. The van der Waals surface area contributed by atoms with Gasteiger partial charge in [-0.05, 0) is 171 Å². The van der Waals surface area contributed by atoms with Crippen LogP contribution in [-0.2, 0) is 10.8 Å². The Morgan fingerprint density at radius 3 is 0.921 bits per heavy atom. The molecule has 22 rings (SSSR count). The average molecular weight is 1460 g/mol. The molecule has 0 aliphatic heterocycles. The number of rotatable bonds is 10. The number of pyridine rings is 2. The highest BCUT2D eigenvalue weighted by Crippen LogP contribution is 2.53. The Kier molecular flexibility index (Phi) is 16.1. The Morgan fingerprint density at radius 1 is 0.167 bits per heavy atom. The molecule has 0 saturated carbocycles. The summed E-state index contributed by atoms with van der Waals surface area (Å²) in [7, 11) is 0. The number of hydrogen-bond donors (Lipinski definition) is 0. The predicted octanol–water partition coefficient (Wildman–Crippen LogP) is 26.7. The Balaban J connectivity index is 0.000000143. The van der Waals surface area contributed by atoms with E-state index in [1.807, 2.05) is 0 Å². The molecule has 0 amide bonds. The molecule has 0 N–H and O–H groups in total. The molecule has 8 nitrogen and oxygen atoms in total. The van der Waals surface area contributed by atoms with Crippen LogP contribution in [0.25, 0.3) is 200 Å². The third-order valence-electron chi connectivity index (χ3n) is 23.4. The van der Waals surface area contributed by atoms with E-state index in [0.717, 1.165) is 132 Å². The average Bonchev–Trinajstić information content (AvgIpc) is 1.56. The molecule has 0 saturated heterocycles. The molecular formula is C106H72N8. The van der Waals surface area contributed by atoms with Gasteiger partial charge in [0.15, 0.2) is 34.9 Å². The van der Waals surface area contributed by atoms with E-state index in [-0.39, 0.29) is 10.8 Å². The predicted molar refractivity (Wildman–Crippen MR) is 470 cm³/mol. The molecule has 20 aromatic rings. The summed E-state index contributed by atoms with van der Waals surface area (Å²) in [6.07, 6.45) is 0. The molecule has 114 heavy (non-hydrogen) atoms. The maximum Gasteiger partial charge on any atom is 0.164 e. The topological polar surface area (TPSA) is 103 Å². The second-order valence-electron chi connectivity index (χ2n) is 31.0. The molecule has 0 fully saturated rings. The number of hydrogen-bond acceptors (Lipinski definition) is 8. The number of aromatic nitrogens is 8. The van der Waals surface area contributed by atoms with Crippen molar-refractivity contribution in [1.29, 1.82) is 0 Å². The summed E-state index contributed by atoms with van der Waals surface area (Å²) in [6, 6.07) is 129. The molecule has 0 spiro atoms. The van der Waals surface area contributed by atoms with Crippen LogP contribution in [0.4, 0.5) is 0 Å². The lowest BCUT2D eigenvalue weighted by atomic mass is 9.82. The van der Waals surface area contributed by atoms with E-state index in [4.69, 9.17) is 39.9 Å². The van der Waals surface area contributed by atoms with Gasteiger partial charge in [-0.3, -0.25) is 0 Å². The molecule has 4 aromatic heterocycles. The normalized spacial score (nSPS) is 12.9. The standard InChI is InChI=1S/2C53H36N4/c1-53(2)46-28-11-10-25-40(46)44-30-45-43(35-15-4-3-5-16-35)31-48(54-49(45)32-47(44)53)36-21-12-22-37(29-36)50-55-51(41-26-13-19-33-17-6-8-23-38(33)41)57-52(56-50)42-27-14-20-34-18-7-9-24-39(34)42;1-53(2)46-22-11-10-21-42(46)44-30-45-43(35-15-4-3-5-16-35)31-48(54-49(45)32-47(44)53)38-19-12-20-39(29-38)50-55-51(40-25-23-33-13-6-8-17-36(33)27-40)57-52(56-50)41-26-24-34-14-7-9-18-37(34)28-41/h2*3-32H,1-2H3. The summed E-state index contributed by atoms with van der Waals surface area (Å²) in [5.74, 6) is 3.76. The minimum absolute atomic E-state index is 0.130. The van der Waals surface area contributed by atoms with Crippen LogP contribution >= 0.6 is 0 Å². The quantitative estimate of drug-likeness (QED) is 0.133. The van der Waals surface area contributed by atoms with Crippen molar-refractivity contribution in [2.75, 3.05) is 0 Å². The van der Waals surface area contributed by atoms with Crippen LogP contribution in [0, 0.1) is 0 Å². The van der Waals surface area contributed by atoms with E-state index in [1.165, 1.54) is 55.3 Å². The van der Waals surface area contributed by atoms with E-state index in [9.17, 15) is 0 Å². The van der Waals surface area contributed by atoms with Crippen molar-refractivity contribution in [2.24, 2.45) is 0 Å². The molecule has 0 bridgehead atoms. The fraction of sp³-hybridized carbons (Fsp3) is 0.0566. The highest BCUT2D eigenvalue weighted by Gasteiger charge is 2.38. The zero-order valence-corrected chi connectivity index (χ0v) is 63.2. The highest BCUT2D eigenvalue weighted by molar-refractivity contribution is 6.05. The second kappa shape index (κ2) is 27.2. The van der Waals surface area contributed by atoms with Crippen molar-refractivity contribution in [3.05, 3.63) is 386 Å². The molecule has 2 aliphatic carbocycles. The van der Waals surface area contributed by atoms with Crippen LogP contribution < -0.4 is 0 Å². The fourth-order valence-electron chi connectivity index (χ4n) is 17.5. The van der Waals surface area contributed by atoms with Crippen LogP contribution in [0.15, 0.2) is 364 Å². The number of fused-ring (bicyclic) bond motifs is 12. The number of nitrogens with zero attached hydrogens (tertiary/aromatic N) is 8. The molecule has 0 radical (unpaired) electrons. The van der Waals surface area contributed by atoms with Crippen LogP contribution in [-0.4, -0.2) is 39.9 Å². The maximum atomic E-state index is 5.42. The van der Waals surface area contributed by atoms with Crippen molar-refractivity contribution < 1.29 is 0 Å². The van der Waals surface area contributed by atoms with Crippen molar-refractivity contribution in [1.82, 2.24) is 39.9 Å². The summed E-state index contributed by atoms with van der Waals surface area (Å²) in [6.45, 7) is 9.29. The minimum atomic E-state index is -0.132. The first kappa shape index (κ1) is 67.5. The Morgan fingerprint density at radius 2 is 0.482 bits per heavy atom. The van der Waals surface area contributed by atoms with Crippen LogP contribution in [0.1, 0.15) is 49.9 Å². The summed E-state index contributed by atoms with van der Waals surface area (Å²) in [5.41, 5.74) is 26.2. The van der Waals surface area contributed by atoms with Gasteiger partial charge in [0.25, 0.3) is 0 Å². The Labute approximate surface area is 660 Å². The maximum absolute atomic E-state index is 5.42. The van der Waals surface area contributed by atoms with E-state index >= 15 is 0 Å². The van der Waals surface area contributed by atoms with Gasteiger partial charge in [-0.25, -0.2) is 39.9 Å². The van der Waals surface area contributed by atoms with E-state index in [1.54, 1.807) is 0 Å². The molecule has 2 aliphatic rings. The SMILES string of the molecule is CC1(C)c2ccccc2-c2cc3c(-c4ccccc4)cc(-c4cccc(-c5nc(-c6ccc7ccccc7c6)nc(-c6ccc7ccccc7c6)n5)c4)nc3cc21.CC1(C)c2ccccc2-c2cc3c(-c4ccccc4)cc(-c4cccc(-c5nc(-c6cccc7ccccc67)nc(-c6cccc7ccccc67)n5)c4)nc3cc21. The van der Waals surface area contributed by atoms with Gasteiger partial charge in [0, 0.05) is 66.1 Å². The molecule has 16 aromatic carbocycles. The molecule has 0 atom stereocenters. The van der Waals surface area contributed by atoms with Gasteiger partial charge in [-0.2, -0.15) is 0 Å². The van der Waals surface area contributed by atoms with Gasteiger partial charge >= 0.3 is 0 Å². The van der Waals surface area contributed by atoms with Crippen LogP contribution in [0.5, 0.6) is 0 Å². The van der Waals surface area contributed by atoms with Crippen molar-refractivity contribution >= 4 is 64.9 Å². The largest absolute Gasteiger partial charge is 0.248 e. The highest BCUT2D eigenvalue weighted by atomic mass is 15.0. The van der Waals surface area contributed by atoms with Gasteiger partial charge < -0.3 is 0 Å². The van der Waals surface area contributed by atoms with Gasteiger partial charge in [-0.15, -0.1) is 0 Å². The lowest BCUT2D eigenvalue weighted by molar-refractivity contribution is 0.661. The first-order valence-corrected chi connectivity index (χ1v) is 38.9. The van der Waals surface area contributed by atoms with Crippen molar-refractivity contribution in [2.45, 2.75) is 38.5 Å². The summed E-state index contributed by atoms with van der Waals surface area (Å²) >= 11 is 0. The van der Waals surface area contributed by atoms with Crippen molar-refractivity contribution in [3.8, 4) is 135 Å². The summed E-state index contributed by atoms with van der Waals surface area (Å²) in [5, 5.41) is 11.4. The first-order valence-electron chi connectivity index (χ1n) is 38.9. The van der Waals surface area contributed by atoms with E-state index in [2.05, 4.69) is 392 Å². The lowest BCUT2D eigenvalue weighted by Crippen LogP contribution is -2.14. The molecular weight excluding hydrogens is 1390 g/mol. The molecule has 4 heterocycles. The van der Waals surface area contributed by atoms with E-state index < -0.39 is 0 Å². The van der Waals surface area contributed by atoms with Crippen molar-refractivity contribution in [3.63, 3.8) is 0 Å². The van der Waals surface area contributed by atoms with Gasteiger partial charge in [0.1, 0.15) is 0 Å². The van der Waals surface area contributed by atoms with Gasteiger partial charge in [0.05, 0.1) is 22.4 Å². The first-order chi connectivity index (χ1) is 55.9. The van der Waals surface area contributed by atoms with Crippen LogP contribution in [0.3, 0.4) is 0 Å². The molecule has 536 valence electrons. The molecule has 8 heteroatoms. The smallest absolute Gasteiger partial charge is 0.164 e. The van der Waals surface area contributed by atoms with E-state index in [0.29, 0.717) is 34.9 Å². The number of benzene rings is 16. The molecule has 0 unspecified atom stereocenters. The zero-order chi connectivity index (χ0) is 76.2. The second-order valence-corrected chi connectivity index (χ2v) is 31.0. The van der Waals surface area contributed by atoms with Gasteiger partial charge in [0.2, 0.25) is 0 Å². The Hall–Kier alpha value is -14.6. The zero-order valence-electron chi connectivity index (χ0n) is 63.2. The lowest BCUT2D eigenvalue weighted by Gasteiger charge is -2.22. The fourth-order valence-corrected chi connectivity index (χ4v) is 17.5. The van der Waals surface area contributed by atoms with Gasteiger partial charge in [-0.1, -0.05) is 331 Å². The summed E-state index contributed by atoms with van der Waals surface area (Å²) < 4.78 is 0. The summed E-state index contributed by atoms with van der Waals surface area (Å²) in [4.78, 5) is 41.8. The Bertz CT molecular complexity index is 7100. The monoisotopic (exact) mass is 1460 g/mol.